The van der Waals surface area contributed by atoms with E-state index in [1.807, 2.05) is 0 Å². The van der Waals surface area contributed by atoms with Gasteiger partial charge < -0.3 is 4.90 Å². The van der Waals surface area contributed by atoms with Crippen LogP contribution in [0.25, 0.3) is 0 Å². The van der Waals surface area contributed by atoms with Crippen LogP contribution in [-0.2, 0) is 4.79 Å². The number of likely N-dealkylation sites (tertiary alicyclic amines) is 1. The molecule has 1 aliphatic carbocycles. The van der Waals surface area contributed by atoms with Gasteiger partial charge in [0.05, 0.1) is 0 Å². The van der Waals surface area contributed by atoms with Crippen molar-refractivity contribution in [2.24, 2.45) is 11.3 Å². The van der Waals surface area contributed by atoms with E-state index in [9.17, 15) is 4.79 Å². The summed E-state index contributed by atoms with van der Waals surface area (Å²) in [4.78, 5) is 15.1. The molecule has 0 aromatic rings. The van der Waals surface area contributed by atoms with Crippen molar-refractivity contribution in [2.45, 2.75) is 70.0 Å². The van der Waals surface area contributed by atoms with Gasteiger partial charge in [-0.1, -0.05) is 55.5 Å². The summed E-state index contributed by atoms with van der Waals surface area (Å²) in [7, 11) is 0. The highest BCUT2D eigenvalue weighted by Crippen LogP contribution is 2.35. The van der Waals surface area contributed by atoms with Gasteiger partial charge in [0.2, 0.25) is 5.91 Å². The molecule has 0 aromatic heterocycles. The second-order valence-corrected chi connectivity index (χ2v) is 8.23. The van der Waals surface area contributed by atoms with Gasteiger partial charge >= 0.3 is 0 Å². The Balaban J connectivity index is 1.85. The fourth-order valence-corrected chi connectivity index (χ4v) is 3.84. The number of halogens is 1. The van der Waals surface area contributed by atoms with Crippen molar-refractivity contribution in [3.8, 4) is 0 Å². The van der Waals surface area contributed by atoms with E-state index in [1.54, 1.807) is 0 Å². The van der Waals surface area contributed by atoms with Gasteiger partial charge in [-0.05, 0) is 30.6 Å². The smallest absolute Gasteiger partial charge is 0.222 e. The van der Waals surface area contributed by atoms with E-state index in [1.165, 1.54) is 38.5 Å². The average molecular weight is 330 g/mol. The molecular formula is C16H28BrNO. The van der Waals surface area contributed by atoms with E-state index in [2.05, 4.69) is 34.7 Å². The lowest BCUT2D eigenvalue weighted by atomic mass is 9.83. The zero-order chi connectivity index (χ0) is 13.9. The summed E-state index contributed by atoms with van der Waals surface area (Å²) >= 11 is 3.76. The highest BCUT2D eigenvalue weighted by atomic mass is 79.9. The van der Waals surface area contributed by atoms with E-state index in [4.69, 9.17) is 0 Å². The van der Waals surface area contributed by atoms with Gasteiger partial charge in [0, 0.05) is 24.3 Å². The Labute approximate surface area is 126 Å². The summed E-state index contributed by atoms with van der Waals surface area (Å²) in [6, 6.07) is 0. The molecule has 2 rings (SSSR count). The first-order chi connectivity index (χ1) is 8.99. The average Bonchev–Trinajstić information content (AvgIpc) is 2.61. The monoisotopic (exact) mass is 329 g/mol. The number of piperidine rings is 1. The summed E-state index contributed by atoms with van der Waals surface area (Å²) < 4.78 is 0. The molecule has 1 atom stereocenters. The molecule has 0 bridgehead atoms. The summed E-state index contributed by atoms with van der Waals surface area (Å²) in [5, 5.41) is 0. The Morgan fingerprint density at radius 3 is 2.37 bits per heavy atom. The first-order valence-corrected chi connectivity index (χ1v) is 8.82. The Bertz CT molecular complexity index is 308. The summed E-state index contributed by atoms with van der Waals surface area (Å²) in [6.07, 6.45) is 9.81. The minimum Gasteiger partial charge on any atom is -0.342 e. The normalized spacial score (nSPS) is 29.0. The number of hydrogen-bond donors (Lipinski definition) is 0. The number of carbonyl (C=O) groups is 1. The van der Waals surface area contributed by atoms with Gasteiger partial charge in [-0.25, -0.2) is 0 Å². The molecule has 1 saturated heterocycles. The molecule has 2 nitrogen and oxygen atoms in total. The molecule has 0 spiro atoms. The van der Waals surface area contributed by atoms with Gasteiger partial charge in [-0.15, -0.1) is 0 Å². The van der Waals surface area contributed by atoms with E-state index >= 15 is 0 Å². The standard InChI is InChI=1S/C16H28BrNO/c1-16(2)12-18(10-9-14(16)17)15(19)11-13-7-5-3-4-6-8-13/h13-14H,3-12H2,1-2H3. The van der Waals surface area contributed by atoms with Crippen molar-refractivity contribution >= 4 is 21.8 Å². The lowest BCUT2D eigenvalue weighted by Crippen LogP contribution is -2.49. The fourth-order valence-electron chi connectivity index (χ4n) is 3.49. The van der Waals surface area contributed by atoms with Crippen molar-refractivity contribution in [3.05, 3.63) is 0 Å². The highest BCUT2D eigenvalue weighted by molar-refractivity contribution is 9.09. The number of rotatable bonds is 2. The molecule has 1 heterocycles. The summed E-state index contributed by atoms with van der Waals surface area (Å²) in [6.45, 7) is 6.37. The number of alkyl halides is 1. The maximum Gasteiger partial charge on any atom is 0.222 e. The summed E-state index contributed by atoms with van der Waals surface area (Å²) in [5.41, 5.74) is 0.206. The van der Waals surface area contributed by atoms with Crippen molar-refractivity contribution in [1.82, 2.24) is 4.90 Å². The van der Waals surface area contributed by atoms with Gasteiger partial charge in [0.1, 0.15) is 0 Å². The van der Waals surface area contributed by atoms with Crippen LogP contribution in [0.15, 0.2) is 0 Å². The first-order valence-electron chi connectivity index (χ1n) is 7.91. The molecule has 19 heavy (non-hydrogen) atoms. The Hall–Kier alpha value is -0.0500. The number of carbonyl (C=O) groups excluding carboxylic acids is 1. The SMILES string of the molecule is CC1(C)CN(C(=O)CC2CCCCCC2)CCC1Br. The molecule has 2 aliphatic rings. The lowest BCUT2D eigenvalue weighted by Gasteiger charge is -2.42. The van der Waals surface area contributed by atoms with Crippen LogP contribution in [0.4, 0.5) is 0 Å². The largest absolute Gasteiger partial charge is 0.342 e. The number of amides is 1. The van der Waals surface area contributed by atoms with Gasteiger partial charge in [0.15, 0.2) is 0 Å². The first kappa shape index (κ1) is 15.3. The van der Waals surface area contributed by atoms with Crippen LogP contribution in [0, 0.1) is 11.3 Å². The quantitative estimate of drug-likeness (QED) is 0.544. The molecule has 1 aliphatic heterocycles. The predicted octanol–water partition coefficient (Wildman–Crippen LogP) is 4.37. The third-order valence-electron chi connectivity index (χ3n) is 4.89. The molecule has 3 heteroatoms. The van der Waals surface area contributed by atoms with Crippen LogP contribution < -0.4 is 0 Å². The van der Waals surface area contributed by atoms with Crippen LogP contribution in [-0.4, -0.2) is 28.7 Å². The zero-order valence-corrected chi connectivity index (χ0v) is 14.0. The third-order valence-corrected chi connectivity index (χ3v) is 6.59. The Morgan fingerprint density at radius 1 is 1.16 bits per heavy atom. The minimum atomic E-state index is 0.206. The second kappa shape index (κ2) is 6.60. The summed E-state index contributed by atoms with van der Waals surface area (Å²) in [5.74, 6) is 1.05. The van der Waals surface area contributed by atoms with Gasteiger partial charge in [-0.3, -0.25) is 4.79 Å². The third kappa shape index (κ3) is 4.21. The molecule has 1 saturated carbocycles. The van der Waals surface area contributed by atoms with Crippen molar-refractivity contribution in [2.75, 3.05) is 13.1 Å². The van der Waals surface area contributed by atoms with Crippen LogP contribution >= 0.6 is 15.9 Å². The molecular weight excluding hydrogens is 302 g/mol. The van der Waals surface area contributed by atoms with E-state index in [0.29, 0.717) is 16.7 Å². The molecule has 0 aromatic carbocycles. The molecule has 0 N–H and O–H groups in total. The maximum absolute atomic E-state index is 12.5. The topological polar surface area (TPSA) is 20.3 Å². The van der Waals surface area contributed by atoms with Crippen molar-refractivity contribution in [3.63, 3.8) is 0 Å². The van der Waals surface area contributed by atoms with E-state index in [0.717, 1.165) is 25.9 Å². The molecule has 110 valence electrons. The molecule has 2 fully saturated rings. The van der Waals surface area contributed by atoms with Crippen LogP contribution in [0.5, 0.6) is 0 Å². The van der Waals surface area contributed by atoms with Crippen LogP contribution in [0.3, 0.4) is 0 Å². The molecule has 1 unspecified atom stereocenters. The van der Waals surface area contributed by atoms with E-state index in [-0.39, 0.29) is 5.41 Å². The van der Waals surface area contributed by atoms with Crippen molar-refractivity contribution < 1.29 is 4.79 Å². The van der Waals surface area contributed by atoms with Crippen molar-refractivity contribution in [1.29, 1.82) is 0 Å². The predicted molar refractivity (Wildman–Crippen MR) is 83.5 cm³/mol. The molecule has 1 amide bonds. The van der Waals surface area contributed by atoms with Crippen LogP contribution in [0.2, 0.25) is 0 Å². The number of nitrogens with zero attached hydrogens (tertiary/aromatic N) is 1. The highest BCUT2D eigenvalue weighted by Gasteiger charge is 2.36. The number of hydrogen-bond acceptors (Lipinski definition) is 1. The Kier molecular flexibility index (Phi) is 5.33. The van der Waals surface area contributed by atoms with Gasteiger partial charge in [0.25, 0.3) is 0 Å². The van der Waals surface area contributed by atoms with E-state index < -0.39 is 0 Å². The zero-order valence-electron chi connectivity index (χ0n) is 12.5. The fraction of sp³-hybridized carbons (Fsp3) is 0.938. The van der Waals surface area contributed by atoms with Gasteiger partial charge in [-0.2, -0.15) is 0 Å². The lowest BCUT2D eigenvalue weighted by molar-refractivity contribution is -0.135. The Morgan fingerprint density at radius 2 is 1.79 bits per heavy atom. The molecule has 0 radical (unpaired) electrons. The minimum absolute atomic E-state index is 0.206. The second-order valence-electron chi connectivity index (χ2n) is 7.12. The maximum atomic E-state index is 12.5. The van der Waals surface area contributed by atoms with Crippen LogP contribution in [0.1, 0.15) is 65.2 Å².